The van der Waals surface area contributed by atoms with Gasteiger partial charge in [0.05, 0.1) is 138 Å². The van der Waals surface area contributed by atoms with Gasteiger partial charge in [0.2, 0.25) is 61.5 Å². The van der Waals surface area contributed by atoms with E-state index in [-0.39, 0.29) is 22.7 Å². The number of methoxy groups -OCH3 is 2. The first-order valence-corrected chi connectivity index (χ1v) is 56.0. The lowest BCUT2D eigenvalue weighted by molar-refractivity contribution is 0.122. The molecule has 35 nitrogen and oxygen atoms in total. The van der Waals surface area contributed by atoms with E-state index < -0.39 is 30.4 Å². The van der Waals surface area contributed by atoms with Crippen LogP contribution in [0.2, 0.25) is 0 Å². The highest BCUT2D eigenvalue weighted by molar-refractivity contribution is 9.11. The Morgan fingerprint density at radius 2 is 0.797 bits per heavy atom. The molecular formula is C85H92Br5N25O10S8. The molecule has 5 saturated heterocycles. The molecule has 15 aromatic heterocycles. The highest BCUT2D eigenvalue weighted by Crippen LogP contribution is 2.45. The Morgan fingerprint density at radius 3 is 1.17 bits per heavy atom. The minimum absolute atomic E-state index is 0.202. The first-order chi connectivity index (χ1) is 64.1. The summed E-state index contributed by atoms with van der Waals surface area (Å²) < 4.78 is 113. The molecule has 20 heterocycles. The Labute approximate surface area is 830 Å². The lowest BCUT2D eigenvalue weighted by atomic mass is 10.1. The second-order valence-electron chi connectivity index (χ2n) is 32.1. The van der Waals surface area contributed by atoms with Gasteiger partial charge in [-0.2, -0.15) is 18.5 Å². The van der Waals surface area contributed by atoms with E-state index in [2.05, 4.69) is 163 Å². The molecule has 5 aliphatic heterocycles. The van der Waals surface area contributed by atoms with E-state index >= 15 is 0 Å². The summed E-state index contributed by atoms with van der Waals surface area (Å²) in [4.78, 5) is 76.6. The number of aryl methyl sites for hydroxylation is 3. The van der Waals surface area contributed by atoms with Crippen LogP contribution >= 0.6 is 136 Å². The van der Waals surface area contributed by atoms with E-state index in [1.807, 2.05) is 60.3 Å². The van der Waals surface area contributed by atoms with Crippen molar-refractivity contribution >= 4 is 265 Å². The summed E-state index contributed by atoms with van der Waals surface area (Å²) in [5.74, 6) is 5.96. The Hall–Kier alpha value is -8.76. The maximum Gasteiger partial charge on any atom is 0.359 e. The lowest BCUT2D eigenvalue weighted by Gasteiger charge is -2.27. The van der Waals surface area contributed by atoms with E-state index in [4.69, 9.17) is 64.1 Å². The van der Waals surface area contributed by atoms with Crippen molar-refractivity contribution in [2.75, 3.05) is 145 Å². The number of hydrogen-bond acceptors (Lipinski definition) is 35. The van der Waals surface area contributed by atoms with Crippen molar-refractivity contribution < 1.29 is 43.6 Å². The Bertz CT molecular complexity index is 7130. The molecule has 1 aliphatic carbocycles. The highest BCUT2D eigenvalue weighted by atomic mass is 79.9. The van der Waals surface area contributed by atoms with E-state index in [0.717, 1.165) is 217 Å². The number of piperidine rings is 4. The molecular weight excluding hydrogens is 2190 g/mol. The molecule has 0 unspecified atom stereocenters. The predicted molar refractivity (Wildman–Crippen MR) is 548 cm³/mol. The van der Waals surface area contributed by atoms with Crippen LogP contribution in [0.4, 0.5) is 46.8 Å². The van der Waals surface area contributed by atoms with Crippen LogP contribution in [-0.4, -0.2) is 221 Å². The average molecular weight is 2280 g/mol. The molecule has 6 fully saturated rings. The molecule has 0 amide bonds. The van der Waals surface area contributed by atoms with E-state index in [9.17, 15) is 25.3 Å². The second-order valence-corrected chi connectivity index (χ2v) is 45.9. The third kappa shape index (κ3) is 22.4. The number of pyridine rings is 3. The maximum absolute atomic E-state index is 12.5. The number of fused-ring (bicyclic) bond motifs is 5. The normalized spacial score (nSPS) is 15.7. The number of hydrogen-bond donors (Lipinski definition) is 3. The van der Waals surface area contributed by atoms with Crippen LogP contribution < -0.4 is 48.1 Å². The minimum Gasteiger partial charge on any atom is -0.480 e. The summed E-state index contributed by atoms with van der Waals surface area (Å²) in [6.45, 7) is 14.6. The number of rotatable bonds is 20. The van der Waals surface area contributed by atoms with Gasteiger partial charge in [0.15, 0.2) is 5.82 Å². The topological polar surface area (TPSA) is 395 Å². The predicted octanol–water partition coefficient (Wildman–Crippen LogP) is 19.1. The van der Waals surface area contributed by atoms with Gasteiger partial charge in [0, 0.05) is 153 Å². The van der Waals surface area contributed by atoms with Crippen LogP contribution in [0.15, 0.2) is 111 Å². The number of thiophene rings is 5. The first-order valence-electron chi connectivity index (χ1n) is 42.8. The van der Waals surface area contributed by atoms with Crippen molar-refractivity contribution in [2.45, 2.75) is 109 Å². The van der Waals surface area contributed by atoms with E-state index in [1.54, 1.807) is 59.5 Å². The van der Waals surface area contributed by atoms with Crippen molar-refractivity contribution in [3.63, 3.8) is 0 Å². The molecule has 0 spiro atoms. The average Bonchev–Trinajstić information content (AvgIpc) is 1.64. The zero-order valence-electron chi connectivity index (χ0n) is 73.2. The molecule has 0 atom stereocenters. The first kappa shape index (κ1) is 95.9. The smallest absolute Gasteiger partial charge is 0.359 e. The standard InChI is InChI=1S/C19H20BrN5O4S2.C18H20BrN5O3S2.C17H18BrN5O3S2.C16H18BrN5S.C15H16BrN5S/c1-28-18-14(24-31(26,27)12-2-3-12)8-11(9-21-18)15-17-16(13(20)10-30-17)23-19(22-15)25-4-6-29-7-5-25;1-27-17-13(23-29(2,25)26)8-11(9-20-17)14-16-15(12(19)10-28-16)22-18(21-14)24-6-4-3-5-7-24;1-26-28(24,25)22-12-7-11(8-19-9-12)14-16-15(13(18)10-27-16)21-17(20-14)23-5-3-2-4-6-23;1-10-8-22(11(2)18-10)15-14-13(12(17)9-23-14)19-16(20-15)21-6-4-3-5-7-21;1-20-8-10(7-17-20)12-14-13(11(16)9-22-14)19-15(18-12)21-5-3-2-4-6-21/h8-10,12,24H,2-7H2,1H3;8-10,23H,3-7H2,1-2H3;7-10,22H,2-6H2,1H3;8-9H,3-7H2,1-2H3;7-9H,2-6H2,1H3. The molecule has 0 bridgehead atoms. The number of halogens is 5. The van der Waals surface area contributed by atoms with Gasteiger partial charge in [0.1, 0.15) is 44.8 Å². The number of anilines is 8. The van der Waals surface area contributed by atoms with Gasteiger partial charge in [-0.25, -0.2) is 76.6 Å². The van der Waals surface area contributed by atoms with Crippen LogP contribution in [0.1, 0.15) is 101 Å². The molecule has 1 saturated carbocycles. The highest BCUT2D eigenvalue weighted by Gasteiger charge is 2.37. The van der Waals surface area contributed by atoms with Crippen molar-refractivity contribution in [1.82, 2.24) is 84.1 Å². The van der Waals surface area contributed by atoms with E-state index in [0.29, 0.717) is 90.7 Å². The van der Waals surface area contributed by atoms with Gasteiger partial charge in [-0.1, -0.05) is 0 Å². The summed E-state index contributed by atoms with van der Waals surface area (Å²) in [5.41, 5.74) is 12.6. The lowest BCUT2D eigenvalue weighted by Crippen LogP contribution is -2.37. The summed E-state index contributed by atoms with van der Waals surface area (Å²) in [5, 5.41) is 14.0. The summed E-state index contributed by atoms with van der Waals surface area (Å²) in [6, 6.07) is 5.12. The van der Waals surface area contributed by atoms with Gasteiger partial charge in [-0.05, 0) is 202 Å². The van der Waals surface area contributed by atoms with Crippen molar-refractivity contribution in [3.8, 4) is 62.6 Å². The zero-order valence-corrected chi connectivity index (χ0v) is 87.7. The SMILES string of the molecule is COS(=O)(=O)Nc1cncc(-c2nc(N3CCCCC3)nc3c(Br)csc23)c1.COc1ncc(-c2nc(N3CCCCC3)nc3c(Br)csc23)cc1NS(C)(=O)=O.COc1ncc(-c2nc(N3CCOCC3)nc3c(Br)csc23)cc1NS(=O)(=O)C1CC1.Cc1cn(-c2nc(N3CCCCC3)nc3c(Br)csc23)c(C)n1.Cn1cc(-c2nc(N3CCCCC3)nc3c(Br)csc23)cn1. The number of sulfonamides is 2. The number of imidazole rings is 1. The Morgan fingerprint density at radius 1 is 0.421 bits per heavy atom. The molecule has 6 aliphatic rings. The molecule has 133 heavy (non-hydrogen) atoms. The van der Waals surface area contributed by atoms with Gasteiger partial charge < -0.3 is 38.7 Å². The second kappa shape index (κ2) is 42.1. The van der Waals surface area contributed by atoms with Crippen LogP contribution in [0.3, 0.4) is 0 Å². The largest absolute Gasteiger partial charge is 0.480 e. The zero-order chi connectivity index (χ0) is 93.0. The molecule has 48 heteroatoms. The molecule has 3 N–H and O–H groups in total. The van der Waals surface area contributed by atoms with Crippen molar-refractivity contribution in [2.24, 2.45) is 7.05 Å². The minimum atomic E-state index is -3.87. The van der Waals surface area contributed by atoms with Crippen LogP contribution in [0.5, 0.6) is 11.8 Å². The summed E-state index contributed by atoms with van der Waals surface area (Å²) in [6.07, 6.45) is 29.1. The Kier molecular flexibility index (Phi) is 30.3. The summed E-state index contributed by atoms with van der Waals surface area (Å²) in [7, 11) is -4.88. The van der Waals surface area contributed by atoms with E-state index in [1.165, 1.54) is 106 Å². The number of aromatic nitrogens is 17. The summed E-state index contributed by atoms with van der Waals surface area (Å²) >= 11 is 25.9. The van der Waals surface area contributed by atoms with Crippen molar-refractivity contribution in [1.29, 1.82) is 0 Å². The monoisotopic (exact) mass is 2270 g/mol. The molecule has 0 radical (unpaired) electrons. The number of nitrogens with one attached hydrogen (secondary N) is 3. The number of morpholine rings is 1. The van der Waals surface area contributed by atoms with Crippen LogP contribution in [0, 0.1) is 13.8 Å². The van der Waals surface area contributed by atoms with Gasteiger partial charge >= 0.3 is 10.3 Å². The van der Waals surface area contributed by atoms with Gasteiger partial charge in [-0.3, -0.25) is 32.6 Å². The molecule has 15 aromatic rings. The van der Waals surface area contributed by atoms with Crippen LogP contribution in [0.25, 0.3) is 102 Å². The molecule has 700 valence electrons. The molecule has 21 rings (SSSR count). The number of ether oxygens (including phenoxy) is 3. The van der Waals surface area contributed by atoms with Crippen LogP contribution in [-0.2, 0) is 46.3 Å². The quantitative estimate of drug-likeness (QED) is 0.0638. The number of nitrogens with zero attached hydrogens (tertiary/aromatic N) is 22. The third-order valence-corrected chi connectivity index (χ3v) is 35.2. The fourth-order valence-electron chi connectivity index (χ4n) is 15.8. The fraction of sp³-hybridized carbons (Fsp3) is 0.400. The van der Waals surface area contributed by atoms with Crippen molar-refractivity contribution in [3.05, 3.63) is 122 Å². The maximum atomic E-state index is 12.5. The Balaban J connectivity index is 0.000000117. The molecule has 0 aromatic carbocycles. The fourth-order valence-corrected chi connectivity index (χ4v) is 26.1. The third-order valence-electron chi connectivity index (χ3n) is 22.5. The van der Waals surface area contributed by atoms with Gasteiger partial charge in [0.25, 0.3) is 0 Å². The van der Waals surface area contributed by atoms with Gasteiger partial charge in [-0.15, -0.1) is 56.7 Å².